The first-order chi connectivity index (χ1) is 15.1. The molecule has 0 saturated carbocycles. The molecule has 2 aromatic rings. The number of carbonyl (C=O) groups excluding carboxylic acids is 3. The van der Waals surface area contributed by atoms with E-state index >= 15 is 0 Å². The molecule has 0 spiro atoms. The fourth-order valence-corrected chi connectivity index (χ4v) is 2.98. The lowest BCUT2D eigenvalue weighted by atomic mass is 10.0. The predicted octanol–water partition coefficient (Wildman–Crippen LogP) is 3.88. The maximum Gasteiger partial charge on any atom is 0.329 e. The average molecular weight is 462 g/mol. The highest BCUT2D eigenvalue weighted by Gasteiger charge is 2.25. The molecule has 32 heavy (non-hydrogen) atoms. The summed E-state index contributed by atoms with van der Waals surface area (Å²) in [7, 11) is 0. The molecule has 1 unspecified atom stereocenters. The number of ether oxygens (including phenoxy) is 1. The molecule has 2 aromatic carbocycles. The molecular weight excluding hydrogens is 438 g/mol. The number of amides is 2. The second kappa shape index (κ2) is 11.2. The van der Waals surface area contributed by atoms with Gasteiger partial charge in [-0.2, -0.15) is 0 Å². The molecule has 0 heterocycles. The molecule has 2 amide bonds. The highest BCUT2D eigenvalue weighted by Crippen LogP contribution is 2.25. The van der Waals surface area contributed by atoms with Crippen molar-refractivity contribution in [1.82, 2.24) is 5.32 Å². The number of nitrogens with zero attached hydrogens (tertiary/aromatic N) is 1. The van der Waals surface area contributed by atoms with Crippen molar-refractivity contribution in [1.29, 1.82) is 0 Å². The van der Waals surface area contributed by atoms with Gasteiger partial charge >= 0.3 is 5.97 Å². The number of nitro groups is 1. The number of nitrogens with one attached hydrogen (secondary N) is 2. The maximum atomic E-state index is 12.5. The maximum absolute atomic E-state index is 12.5. The zero-order valence-electron chi connectivity index (χ0n) is 17.9. The topological polar surface area (TPSA) is 128 Å². The van der Waals surface area contributed by atoms with Gasteiger partial charge in [-0.15, -0.1) is 0 Å². The Hall–Kier alpha value is -3.46. The number of anilines is 1. The van der Waals surface area contributed by atoms with Crippen molar-refractivity contribution in [3.63, 3.8) is 0 Å². The van der Waals surface area contributed by atoms with Gasteiger partial charge in [0.25, 0.3) is 17.5 Å². The summed E-state index contributed by atoms with van der Waals surface area (Å²) in [5, 5.41) is 16.6. The molecule has 0 aliphatic carbocycles. The lowest BCUT2D eigenvalue weighted by molar-refractivity contribution is -0.384. The summed E-state index contributed by atoms with van der Waals surface area (Å²) in [6, 6.07) is 9.53. The third-order valence-electron chi connectivity index (χ3n) is 4.37. The first-order valence-electron chi connectivity index (χ1n) is 9.84. The SMILES string of the molecule is Cc1ccc(NC(=O)COC(=O)C(CC(C)C)NC(=O)c2ccc(Cl)cc2)c([N+](=O)[O-])c1. The Kier molecular flexibility index (Phi) is 8.71. The summed E-state index contributed by atoms with van der Waals surface area (Å²) >= 11 is 5.82. The minimum atomic E-state index is -0.973. The molecule has 1 atom stereocenters. The molecule has 170 valence electrons. The molecule has 0 aromatic heterocycles. The van der Waals surface area contributed by atoms with Gasteiger partial charge < -0.3 is 15.4 Å². The molecule has 0 aliphatic heterocycles. The number of esters is 1. The van der Waals surface area contributed by atoms with Crippen LogP contribution in [0.15, 0.2) is 42.5 Å². The predicted molar refractivity (Wildman–Crippen MR) is 120 cm³/mol. The molecule has 0 saturated heterocycles. The van der Waals surface area contributed by atoms with Gasteiger partial charge in [0.15, 0.2) is 6.61 Å². The van der Waals surface area contributed by atoms with Gasteiger partial charge in [-0.05, 0) is 55.2 Å². The number of aryl methyl sites for hydroxylation is 1. The summed E-state index contributed by atoms with van der Waals surface area (Å²) in [4.78, 5) is 47.7. The second-order valence-electron chi connectivity index (χ2n) is 7.60. The number of carbonyl (C=O) groups is 3. The Morgan fingerprint density at radius 2 is 1.78 bits per heavy atom. The van der Waals surface area contributed by atoms with E-state index in [2.05, 4.69) is 10.6 Å². The van der Waals surface area contributed by atoms with Crippen LogP contribution in [-0.2, 0) is 14.3 Å². The van der Waals surface area contributed by atoms with Crippen LogP contribution >= 0.6 is 11.6 Å². The van der Waals surface area contributed by atoms with Crippen LogP contribution in [0.1, 0.15) is 36.2 Å². The number of nitro benzene ring substituents is 1. The Morgan fingerprint density at radius 1 is 1.12 bits per heavy atom. The van der Waals surface area contributed by atoms with Crippen molar-refractivity contribution in [2.75, 3.05) is 11.9 Å². The minimum Gasteiger partial charge on any atom is -0.454 e. The Labute approximate surface area is 190 Å². The lowest BCUT2D eigenvalue weighted by Gasteiger charge is -2.19. The molecule has 9 nitrogen and oxygen atoms in total. The molecule has 0 radical (unpaired) electrons. The van der Waals surface area contributed by atoms with Crippen LogP contribution in [0.3, 0.4) is 0 Å². The Bertz CT molecular complexity index is 1010. The van der Waals surface area contributed by atoms with E-state index in [1.54, 1.807) is 25.1 Å². The van der Waals surface area contributed by atoms with Crippen LogP contribution in [0.4, 0.5) is 11.4 Å². The quantitative estimate of drug-likeness (QED) is 0.331. The molecule has 2 N–H and O–H groups in total. The first kappa shape index (κ1) is 24.8. The number of rotatable bonds is 9. The van der Waals surface area contributed by atoms with E-state index in [0.29, 0.717) is 22.6 Å². The molecular formula is C22H24ClN3O6. The number of halogens is 1. The summed E-state index contributed by atoms with van der Waals surface area (Å²) in [6.45, 7) is 4.78. The van der Waals surface area contributed by atoms with E-state index in [1.165, 1.54) is 24.3 Å². The summed E-state index contributed by atoms with van der Waals surface area (Å²) < 4.78 is 5.06. The van der Waals surface area contributed by atoms with Crippen molar-refractivity contribution in [2.45, 2.75) is 33.2 Å². The van der Waals surface area contributed by atoms with Crippen LogP contribution < -0.4 is 10.6 Å². The Morgan fingerprint density at radius 3 is 2.38 bits per heavy atom. The summed E-state index contributed by atoms with van der Waals surface area (Å²) in [5.74, 6) is -1.95. The normalized spacial score (nSPS) is 11.5. The van der Waals surface area contributed by atoms with Gasteiger partial charge in [0, 0.05) is 16.7 Å². The van der Waals surface area contributed by atoms with Crippen molar-refractivity contribution >= 4 is 40.8 Å². The van der Waals surface area contributed by atoms with Crippen LogP contribution in [0.5, 0.6) is 0 Å². The smallest absolute Gasteiger partial charge is 0.329 e. The van der Waals surface area contributed by atoms with Crippen LogP contribution in [-0.4, -0.2) is 35.4 Å². The summed E-state index contributed by atoms with van der Waals surface area (Å²) in [6.07, 6.45) is 0.295. The minimum absolute atomic E-state index is 0.00331. The molecule has 0 bridgehead atoms. The largest absolute Gasteiger partial charge is 0.454 e. The standard InChI is InChI=1S/C22H24ClN3O6/c1-13(2)10-18(25-21(28)15-5-7-16(23)8-6-15)22(29)32-12-20(27)24-17-9-4-14(3)11-19(17)26(30)31/h4-9,11,13,18H,10,12H2,1-3H3,(H,24,27)(H,25,28). The highest BCUT2D eigenvalue weighted by molar-refractivity contribution is 6.30. The van der Waals surface area contributed by atoms with E-state index in [1.807, 2.05) is 13.8 Å². The molecule has 0 fully saturated rings. The highest BCUT2D eigenvalue weighted by atomic mass is 35.5. The number of benzene rings is 2. The van der Waals surface area contributed by atoms with E-state index in [9.17, 15) is 24.5 Å². The van der Waals surface area contributed by atoms with Gasteiger partial charge in [0.05, 0.1) is 4.92 Å². The van der Waals surface area contributed by atoms with Gasteiger partial charge in [-0.25, -0.2) is 4.79 Å². The van der Waals surface area contributed by atoms with Crippen LogP contribution in [0.2, 0.25) is 5.02 Å². The van der Waals surface area contributed by atoms with Crippen molar-refractivity contribution in [3.05, 3.63) is 68.7 Å². The van der Waals surface area contributed by atoms with Gasteiger partial charge in [0.2, 0.25) is 0 Å². The third kappa shape index (κ3) is 7.35. The van der Waals surface area contributed by atoms with E-state index < -0.39 is 35.4 Å². The van der Waals surface area contributed by atoms with Crippen molar-refractivity contribution < 1.29 is 24.0 Å². The molecule has 0 aliphatic rings. The second-order valence-corrected chi connectivity index (χ2v) is 8.03. The van der Waals surface area contributed by atoms with Crippen molar-refractivity contribution in [2.24, 2.45) is 5.92 Å². The van der Waals surface area contributed by atoms with E-state index in [4.69, 9.17) is 16.3 Å². The average Bonchev–Trinajstić information content (AvgIpc) is 2.72. The molecule has 2 rings (SSSR count). The fourth-order valence-electron chi connectivity index (χ4n) is 2.85. The molecule has 10 heteroatoms. The van der Waals surface area contributed by atoms with Crippen LogP contribution in [0.25, 0.3) is 0 Å². The zero-order valence-corrected chi connectivity index (χ0v) is 18.6. The summed E-state index contributed by atoms with van der Waals surface area (Å²) in [5.41, 5.74) is 0.712. The lowest BCUT2D eigenvalue weighted by Crippen LogP contribution is -2.43. The number of hydrogen-bond donors (Lipinski definition) is 2. The van der Waals surface area contributed by atoms with Crippen LogP contribution in [0, 0.1) is 23.0 Å². The zero-order chi connectivity index (χ0) is 23.8. The third-order valence-corrected chi connectivity index (χ3v) is 4.62. The monoisotopic (exact) mass is 461 g/mol. The van der Waals surface area contributed by atoms with Gasteiger partial charge in [-0.3, -0.25) is 19.7 Å². The fraction of sp³-hybridized carbons (Fsp3) is 0.318. The number of hydrogen-bond acceptors (Lipinski definition) is 6. The van der Waals surface area contributed by atoms with Crippen molar-refractivity contribution in [3.8, 4) is 0 Å². The van der Waals surface area contributed by atoms with E-state index in [0.717, 1.165) is 0 Å². The van der Waals surface area contributed by atoms with E-state index in [-0.39, 0.29) is 17.3 Å². The van der Waals surface area contributed by atoms with Gasteiger partial charge in [-0.1, -0.05) is 31.5 Å². The first-order valence-corrected chi connectivity index (χ1v) is 10.2. The Balaban J connectivity index is 2.00. The van der Waals surface area contributed by atoms with Gasteiger partial charge in [0.1, 0.15) is 11.7 Å².